The Bertz CT molecular complexity index is 777. The molecule has 0 atom stereocenters. The molecule has 7 heteroatoms. The highest BCUT2D eigenvalue weighted by atomic mass is 19.1. The predicted molar refractivity (Wildman–Crippen MR) is 91.8 cm³/mol. The van der Waals surface area contributed by atoms with Crippen LogP contribution >= 0.6 is 0 Å². The van der Waals surface area contributed by atoms with Crippen molar-refractivity contribution in [3.05, 3.63) is 53.8 Å². The van der Waals surface area contributed by atoms with Gasteiger partial charge in [-0.25, -0.2) is 9.82 Å². The minimum absolute atomic E-state index is 0.0123. The van der Waals surface area contributed by atoms with E-state index in [-0.39, 0.29) is 12.4 Å². The molecule has 25 heavy (non-hydrogen) atoms. The minimum Gasteiger partial charge on any atom is -0.493 e. The lowest BCUT2D eigenvalue weighted by Gasteiger charge is -2.10. The number of nitrogens with zero attached hydrogens (tertiary/aromatic N) is 1. The van der Waals surface area contributed by atoms with Crippen molar-refractivity contribution in [2.45, 2.75) is 6.92 Å². The zero-order valence-electron chi connectivity index (χ0n) is 14.2. The topological polar surface area (TPSA) is 69.2 Å². The van der Waals surface area contributed by atoms with E-state index in [0.717, 1.165) is 5.56 Å². The van der Waals surface area contributed by atoms with Gasteiger partial charge >= 0.3 is 0 Å². The number of nitrogens with one attached hydrogen (secondary N) is 1. The van der Waals surface area contributed by atoms with E-state index in [1.807, 2.05) is 0 Å². The first kappa shape index (κ1) is 18.3. The van der Waals surface area contributed by atoms with Crippen molar-refractivity contribution in [2.24, 2.45) is 5.10 Å². The summed E-state index contributed by atoms with van der Waals surface area (Å²) in [4.78, 5) is 11.8. The Balaban J connectivity index is 1.96. The highest BCUT2D eigenvalue weighted by Gasteiger charge is 2.08. The Labute approximate surface area is 145 Å². The third kappa shape index (κ3) is 4.94. The maximum atomic E-state index is 13.4. The molecule has 0 aliphatic heterocycles. The smallest absolute Gasteiger partial charge is 0.277 e. The molecule has 0 fully saturated rings. The molecule has 132 valence electrons. The third-order valence-electron chi connectivity index (χ3n) is 3.35. The molecular formula is C18H19FN2O4. The monoisotopic (exact) mass is 346 g/mol. The van der Waals surface area contributed by atoms with Gasteiger partial charge in [-0.15, -0.1) is 0 Å². The van der Waals surface area contributed by atoms with Crippen LogP contribution in [0.1, 0.15) is 12.5 Å². The normalized spacial score (nSPS) is 11.0. The summed E-state index contributed by atoms with van der Waals surface area (Å²) in [5.41, 5.74) is 3.69. The molecule has 0 saturated carbocycles. The molecule has 1 N–H and O–H groups in total. The van der Waals surface area contributed by atoms with Gasteiger partial charge in [0.25, 0.3) is 5.91 Å². The van der Waals surface area contributed by atoms with Gasteiger partial charge in [-0.05, 0) is 37.3 Å². The molecule has 2 aromatic carbocycles. The molecule has 0 spiro atoms. The number of halogens is 1. The molecule has 0 saturated heterocycles. The molecule has 0 aliphatic carbocycles. The van der Waals surface area contributed by atoms with Crippen LogP contribution in [0.5, 0.6) is 17.2 Å². The highest BCUT2D eigenvalue weighted by Crippen LogP contribution is 2.27. The van der Waals surface area contributed by atoms with Crippen molar-refractivity contribution < 1.29 is 23.4 Å². The molecule has 0 radical (unpaired) electrons. The van der Waals surface area contributed by atoms with Crippen LogP contribution in [0.3, 0.4) is 0 Å². The number of methoxy groups -OCH3 is 2. The lowest BCUT2D eigenvalue weighted by atomic mass is 10.1. The average molecular weight is 346 g/mol. The van der Waals surface area contributed by atoms with E-state index in [1.54, 1.807) is 44.4 Å². The lowest BCUT2D eigenvalue weighted by Crippen LogP contribution is -2.25. The molecule has 6 nitrogen and oxygen atoms in total. The Kier molecular flexibility index (Phi) is 6.33. The fourth-order valence-corrected chi connectivity index (χ4v) is 2.01. The quantitative estimate of drug-likeness (QED) is 0.618. The van der Waals surface area contributed by atoms with E-state index in [0.29, 0.717) is 17.2 Å². The van der Waals surface area contributed by atoms with E-state index in [9.17, 15) is 9.18 Å². The molecule has 1 amide bonds. The average Bonchev–Trinajstić information content (AvgIpc) is 2.64. The molecular weight excluding hydrogens is 327 g/mol. The molecule has 0 unspecified atom stereocenters. The van der Waals surface area contributed by atoms with Gasteiger partial charge in [0.05, 0.1) is 19.9 Å². The van der Waals surface area contributed by atoms with Gasteiger partial charge in [-0.1, -0.05) is 12.1 Å². The zero-order valence-corrected chi connectivity index (χ0v) is 14.2. The van der Waals surface area contributed by atoms with E-state index in [4.69, 9.17) is 14.2 Å². The SMILES string of the molecule is COc1ccc(/C(C)=N\NC(=O)COc2ccccc2F)cc1OC. The fourth-order valence-electron chi connectivity index (χ4n) is 2.01. The van der Waals surface area contributed by atoms with Crippen LogP contribution in [-0.2, 0) is 4.79 Å². The van der Waals surface area contributed by atoms with Gasteiger partial charge in [-0.3, -0.25) is 4.79 Å². The second-order valence-electron chi connectivity index (χ2n) is 5.02. The van der Waals surface area contributed by atoms with E-state index < -0.39 is 11.7 Å². The molecule has 0 heterocycles. The minimum atomic E-state index is -0.527. The Morgan fingerprint density at radius 2 is 1.80 bits per heavy atom. The molecule has 0 aliphatic rings. The van der Waals surface area contributed by atoms with E-state index in [1.165, 1.54) is 19.2 Å². The van der Waals surface area contributed by atoms with Gasteiger partial charge in [0.15, 0.2) is 29.7 Å². The first-order valence-corrected chi connectivity index (χ1v) is 7.48. The van der Waals surface area contributed by atoms with Gasteiger partial charge in [0.2, 0.25) is 0 Å². The maximum absolute atomic E-state index is 13.4. The summed E-state index contributed by atoms with van der Waals surface area (Å²) in [6.07, 6.45) is 0. The maximum Gasteiger partial charge on any atom is 0.277 e. The first-order chi connectivity index (χ1) is 12.0. The van der Waals surface area contributed by atoms with Crippen molar-refractivity contribution >= 4 is 11.6 Å². The largest absolute Gasteiger partial charge is 0.493 e. The molecule has 0 aromatic heterocycles. The van der Waals surface area contributed by atoms with Crippen molar-refractivity contribution in [1.29, 1.82) is 0 Å². The van der Waals surface area contributed by atoms with Crippen molar-refractivity contribution in [3.8, 4) is 17.2 Å². The van der Waals surface area contributed by atoms with E-state index >= 15 is 0 Å². The summed E-state index contributed by atoms with van der Waals surface area (Å²) in [5, 5.41) is 4.01. The summed E-state index contributed by atoms with van der Waals surface area (Å²) in [5.74, 6) is 0.145. The zero-order chi connectivity index (χ0) is 18.2. The molecule has 2 rings (SSSR count). The Morgan fingerprint density at radius 1 is 1.08 bits per heavy atom. The first-order valence-electron chi connectivity index (χ1n) is 7.48. The van der Waals surface area contributed by atoms with Crippen LogP contribution in [0.25, 0.3) is 0 Å². The number of rotatable bonds is 7. The number of hydrazone groups is 1. The van der Waals surface area contributed by atoms with Crippen LogP contribution in [0.4, 0.5) is 4.39 Å². The summed E-state index contributed by atoms with van der Waals surface area (Å²) < 4.78 is 28.9. The predicted octanol–water partition coefficient (Wildman–Crippen LogP) is 2.76. The highest BCUT2D eigenvalue weighted by molar-refractivity contribution is 5.99. The molecule has 0 bridgehead atoms. The summed E-state index contributed by atoms with van der Waals surface area (Å²) in [6, 6.07) is 11.2. The third-order valence-corrected chi connectivity index (χ3v) is 3.35. The van der Waals surface area contributed by atoms with Gasteiger partial charge in [-0.2, -0.15) is 5.10 Å². The van der Waals surface area contributed by atoms with E-state index in [2.05, 4.69) is 10.5 Å². The number of hydrogen-bond acceptors (Lipinski definition) is 5. The van der Waals surface area contributed by atoms with Gasteiger partial charge in [0, 0.05) is 5.56 Å². The number of ether oxygens (including phenoxy) is 3. The number of amides is 1. The standard InChI is InChI=1S/C18H19FN2O4/c1-12(13-8-9-16(23-2)17(10-13)24-3)20-21-18(22)11-25-15-7-5-4-6-14(15)19/h4-10H,11H2,1-3H3,(H,21,22)/b20-12-. The number of carbonyl (C=O) groups excluding carboxylic acids is 1. The second kappa shape index (κ2) is 8.68. The lowest BCUT2D eigenvalue weighted by molar-refractivity contribution is -0.123. The van der Waals surface area contributed by atoms with Crippen LogP contribution in [0.15, 0.2) is 47.6 Å². The number of benzene rings is 2. The summed E-state index contributed by atoms with van der Waals surface area (Å²) >= 11 is 0. The fraction of sp³-hybridized carbons (Fsp3) is 0.222. The number of carbonyl (C=O) groups is 1. The number of para-hydroxylation sites is 1. The Morgan fingerprint density at radius 3 is 2.48 bits per heavy atom. The van der Waals surface area contributed by atoms with Crippen LogP contribution < -0.4 is 19.6 Å². The second-order valence-corrected chi connectivity index (χ2v) is 5.02. The summed E-state index contributed by atoms with van der Waals surface area (Å²) in [6.45, 7) is 1.39. The van der Waals surface area contributed by atoms with Crippen LogP contribution in [0, 0.1) is 5.82 Å². The van der Waals surface area contributed by atoms with Crippen molar-refractivity contribution in [1.82, 2.24) is 5.43 Å². The van der Waals surface area contributed by atoms with Crippen molar-refractivity contribution in [2.75, 3.05) is 20.8 Å². The number of hydrogen-bond donors (Lipinski definition) is 1. The van der Waals surface area contributed by atoms with Crippen LogP contribution in [-0.4, -0.2) is 32.4 Å². The van der Waals surface area contributed by atoms with Crippen LogP contribution in [0.2, 0.25) is 0 Å². The van der Waals surface area contributed by atoms with Crippen molar-refractivity contribution in [3.63, 3.8) is 0 Å². The van der Waals surface area contributed by atoms with Gasteiger partial charge in [0.1, 0.15) is 0 Å². The summed E-state index contributed by atoms with van der Waals surface area (Å²) in [7, 11) is 3.09. The molecule has 2 aromatic rings. The Hall–Kier alpha value is -3.09. The van der Waals surface area contributed by atoms with Gasteiger partial charge < -0.3 is 14.2 Å².